The predicted octanol–water partition coefficient (Wildman–Crippen LogP) is 6.18. The van der Waals surface area contributed by atoms with Crippen molar-refractivity contribution in [3.63, 3.8) is 0 Å². The number of aromatic hydroxyl groups is 2. The van der Waals surface area contributed by atoms with Gasteiger partial charge in [-0.3, -0.25) is 4.79 Å². The number of carbonyl (C=O) groups excluding carboxylic acids is 1. The van der Waals surface area contributed by atoms with E-state index in [1.165, 1.54) is 11.6 Å². The molecule has 0 aliphatic rings. The van der Waals surface area contributed by atoms with E-state index in [-0.39, 0.29) is 23.4 Å². The van der Waals surface area contributed by atoms with Gasteiger partial charge in [-0.2, -0.15) is 0 Å². The molecule has 0 spiro atoms. The van der Waals surface area contributed by atoms with Crippen LogP contribution in [0.25, 0.3) is 12.2 Å². The molecule has 0 aliphatic carbocycles. The van der Waals surface area contributed by atoms with Crippen LogP contribution in [0.4, 0.5) is 0 Å². The van der Waals surface area contributed by atoms with Gasteiger partial charge < -0.3 is 14.9 Å². The van der Waals surface area contributed by atoms with Gasteiger partial charge in [0, 0.05) is 6.07 Å². The van der Waals surface area contributed by atoms with Crippen LogP contribution in [0, 0.1) is 5.92 Å². The van der Waals surface area contributed by atoms with Crippen molar-refractivity contribution in [3.8, 4) is 17.2 Å². The molecule has 4 heteroatoms. The van der Waals surface area contributed by atoms with Gasteiger partial charge in [-0.15, -0.1) is 0 Å². The van der Waals surface area contributed by atoms with Crippen LogP contribution in [0.2, 0.25) is 0 Å². The van der Waals surface area contributed by atoms with E-state index in [0.29, 0.717) is 17.2 Å². The molecule has 160 valence electrons. The number of carbonyl (C=O) groups is 1. The fourth-order valence-electron chi connectivity index (χ4n) is 3.31. The fraction of sp³-hybridized carbons (Fsp3) is 0.222. The second kappa shape index (κ2) is 9.98. The highest BCUT2D eigenvalue weighted by molar-refractivity contribution is 5.80. The Kier molecular flexibility index (Phi) is 7.14. The minimum Gasteiger partial charge on any atom is -0.508 e. The van der Waals surface area contributed by atoms with E-state index in [1.54, 1.807) is 30.3 Å². The molecule has 0 bridgehead atoms. The Balaban J connectivity index is 1.61. The standard InChI is InChI=1S/C27H28O4/c1-18(2)14-21-6-10-23(11-7-21)19(3)27(30)31-26-12-8-20(9-13-26)4-5-22-15-24(28)17-25(29)16-22/h4-13,15-19,28-29H,14H2,1-3H3/t19-/m0/s1. The Morgan fingerprint density at radius 1 is 0.839 bits per heavy atom. The summed E-state index contributed by atoms with van der Waals surface area (Å²) in [5.41, 5.74) is 3.79. The average Bonchev–Trinajstić information content (AvgIpc) is 2.72. The molecule has 3 aromatic rings. The van der Waals surface area contributed by atoms with Crippen molar-refractivity contribution in [1.82, 2.24) is 0 Å². The molecule has 0 saturated heterocycles. The smallest absolute Gasteiger partial charge is 0.318 e. The van der Waals surface area contributed by atoms with Crippen molar-refractivity contribution >= 4 is 18.1 Å². The highest BCUT2D eigenvalue weighted by atomic mass is 16.5. The number of rotatable bonds is 7. The van der Waals surface area contributed by atoms with Gasteiger partial charge in [0.2, 0.25) is 0 Å². The van der Waals surface area contributed by atoms with Crippen LogP contribution in [0.3, 0.4) is 0 Å². The van der Waals surface area contributed by atoms with Crippen LogP contribution in [-0.2, 0) is 11.2 Å². The molecule has 0 aromatic heterocycles. The molecule has 0 aliphatic heterocycles. The van der Waals surface area contributed by atoms with Gasteiger partial charge in [-0.25, -0.2) is 0 Å². The maximum atomic E-state index is 12.6. The molecular weight excluding hydrogens is 388 g/mol. The normalized spacial score (nSPS) is 12.3. The van der Waals surface area contributed by atoms with Crippen LogP contribution in [-0.4, -0.2) is 16.2 Å². The lowest BCUT2D eigenvalue weighted by Gasteiger charge is -2.13. The zero-order valence-electron chi connectivity index (χ0n) is 18.1. The molecule has 0 unspecified atom stereocenters. The Bertz CT molecular complexity index is 1030. The number of esters is 1. The minimum atomic E-state index is -0.355. The second-order valence-corrected chi connectivity index (χ2v) is 8.17. The van der Waals surface area contributed by atoms with Crippen LogP contribution in [0.1, 0.15) is 48.9 Å². The van der Waals surface area contributed by atoms with Crippen molar-refractivity contribution in [2.45, 2.75) is 33.1 Å². The van der Waals surface area contributed by atoms with Crippen molar-refractivity contribution in [1.29, 1.82) is 0 Å². The summed E-state index contributed by atoms with van der Waals surface area (Å²) in [5, 5.41) is 19.1. The number of hydrogen-bond donors (Lipinski definition) is 2. The van der Waals surface area contributed by atoms with Gasteiger partial charge in [0.05, 0.1) is 5.92 Å². The molecule has 1 atom stereocenters. The number of phenolic OH excluding ortho intramolecular Hbond substituents is 2. The molecule has 4 nitrogen and oxygen atoms in total. The van der Waals surface area contributed by atoms with E-state index in [1.807, 2.05) is 37.3 Å². The summed E-state index contributed by atoms with van der Waals surface area (Å²) >= 11 is 0. The first-order chi connectivity index (χ1) is 14.8. The summed E-state index contributed by atoms with van der Waals surface area (Å²) in [6.07, 6.45) is 4.65. The van der Waals surface area contributed by atoms with Crippen molar-refractivity contribution in [3.05, 3.63) is 89.0 Å². The first-order valence-electron chi connectivity index (χ1n) is 10.4. The maximum Gasteiger partial charge on any atom is 0.318 e. The molecule has 0 heterocycles. The minimum absolute atomic E-state index is 0.00518. The van der Waals surface area contributed by atoms with Gasteiger partial charge in [-0.05, 0) is 65.8 Å². The van der Waals surface area contributed by atoms with E-state index in [4.69, 9.17) is 4.74 Å². The van der Waals surface area contributed by atoms with E-state index < -0.39 is 0 Å². The first-order valence-corrected chi connectivity index (χ1v) is 10.4. The zero-order chi connectivity index (χ0) is 22.4. The van der Waals surface area contributed by atoms with Crippen LogP contribution in [0.5, 0.6) is 17.2 Å². The van der Waals surface area contributed by atoms with Crippen molar-refractivity contribution in [2.24, 2.45) is 5.92 Å². The number of phenols is 2. The fourth-order valence-corrected chi connectivity index (χ4v) is 3.31. The second-order valence-electron chi connectivity index (χ2n) is 8.17. The Morgan fingerprint density at radius 2 is 1.42 bits per heavy atom. The van der Waals surface area contributed by atoms with E-state index in [2.05, 4.69) is 26.0 Å². The van der Waals surface area contributed by atoms with E-state index in [0.717, 1.165) is 17.5 Å². The predicted molar refractivity (Wildman–Crippen MR) is 124 cm³/mol. The topological polar surface area (TPSA) is 66.8 Å². The van der Waals surface area contributed by atoms with Crippen LogP contribution < -0.4 is 4.74 Å². The first kappa shape index (κ1) is 22.2. The summed E-state index contributed by atoms with van der Waals surface area (Å²) in [5.74, 6) is 0.441. The SMILES string of the molecule is CC(C)Cc1ccc([C@H](C)C(=O)Oc2ccc(C=Cc3cc(O)cc(O)c3)cc2)cc1. The molecule has 2 N–H and O–H groups in total. The lowest BCUT2D eigenvalue weighted by molar-refractivity contribution is -0.135. The van der Waals surface area contributed by atoms with Crippen molar-refractivity contribution in [2.75, 3.05) is 0 Å². The summed E-state index contributed by atoms with van der Waals surface area (Å²) < 4.78 is 5.55. The van der Waals surface area contributed by atoms with Gasteiger partial charge in [0.25, 0.3) is 0 Å². The van der Waals surface area contributed by atoms with Crippen LogP contribution in [0.15, 0.2) is 66.7 Å². The monoisotopic (exact) mass is 416 g/mol. The third kappa shape index (κ3) is 6.48. The van der Waals surface area contributed by atoms with Gasteiger partial charge in [0.1, 0.15) is 17.2 Å². The average molecular weight is 417 g/mol. The molecule has 3 aromatic carbocycles. The quantitative estimate of drug-likeness (QED) is 0.274. The highest BCUT2D eigenvalue weighted by Crippen LogP contribution is 2.24. The molecule has 3 rings (SSSR count). The van der Waals surface area contributed by atoms with Gasteiger partial charge >= 0.3 is 5.97 Å². The summed E-state index contributed by atoms with van der Waals surface area (Å²) in [7, 11) is 0. The largest absolute Gasteiger partial charge is 0.508 e. The Morgan fingerprint density at radius 3 is 2.00 bits per heavy atom. The third-order valence-electron chi connectivity index (χ3n) is 4.97. The zero-order valence-corrected chi connectivity index (χ0v) is 18.1. The lowest BCUT2D eigenvalue weighted by Crippen LogP contribution is -2.16. The van der Waals surface area contributed by atoms with E-state index >= 15 is 0 Å². The maximum absolute atomic E-state index is 12.6. The Labute approximate surface area is 183 Å². The molecule has 0 amide bonds. The van der Waals surface area contributed by atoms with Gasteiger partial charge in [0.15, 0.2) is 0 Å². The number of ether oxygens (including phenoxy) is 1. The molecule has 0 fully saturated rings. The number of hydrogen-bond acceptors (Lipinski definition) is 4. The molecular formula is C27H28O4. The Hall–Kier alpha value is -3.53. The summed E-state index contributed by atoms with van der Waals surface area (Å²) in [6.45, 7) is 6.22. The van der Waals surface area contributed by atoms with Gasteiger partial charge in [-0.1, -0.05) is 62.4 Å². The summed E-state index contributed by atoms with van der Waals surface area (Å²) in [6, 6.07) is 19.7. The third-order valence-corrected chi connectivity index (χ3v) is 4.97. The molecule has 31 heavy (non-hydrogen) atoms. The number of benzene rings is 3. The molecule has 0 saturated carbocycles. The summed E-state index contributed by atoms with van der Waals surface area (Å²) in [4.78, 5) is 12.6. The molecule has 0 radical (unpaired) electrons. The van der Waals surface area contributed by atoms with Crippen molar-refractivity contribution < 1.29 is 19.7 Å². The van der Waals surface area contributed by atoms with E-state index in [9.17, 15) is 15.0 Å². The lowest BCUT2D eigenvalue weighted by atomic mass is 9.97. The van der Waals surface area contributed by atoms with Crippen LogP contribution >= 0.6 is 0 Å². The highest BCUT2D eigenvalue weighted by Gasteiger charge is 2.17.